The smallest absolute Gasteiger partial charge is 0.380 e. The summed E-state index contributed by atoms with van der Waals surface area (Å²) < 4.78 is 38.9. The average molecular weight is 285 g/mol. The van der Waals surface area contributed by atoms with Gasteiger partial charge in [0.05, 0.1) is 17.0 Å². The van der Waals surface area contributed by atoms with Gasteiger partial charge in [-0.05, 0) is 24.6 Å². The lowest BCUT2D eigenvalue weighted by Gasteiger charge is -2.13. The maximum absolute atomic E-state index is 12.4. The molecular weight excluding hydrogens is 271 g/mol. The normalized spacial score (nSPS) is 13.4. The summed E-state index contributed by atoms with van der Waals surface area (Å²) in [6.07, 6.45) is -2.43. The summed E-state index contributed by atoms with van der Waals surface area (Å²) >= 11 is 0. The van der Waals surface area contributed by atoms with Crippen LogP contribution in [-0.2, 0) is 12.7 Å². The largest absolute Gasteiger partial charge is 0.417 e. The SMILES string of the molecule is CCCn1nccc1C(O)c1ccc(C(F)(F)F)cn1. The van der Waals surface area contributed by atoms with Crippen LogP contribution >= 0.6 is 0 Å². The molecule has 0 aromatic carbocycles. The number of rotatable bonds is 4. The van der Waals surface area contributed by atoms with Gasteiger partial charge in [0, 0.05) is 18.9 Å². The molecule has 1 N–H and O–H groups in total. The highest BCUT2D eigenvalue weighted by Gasteiger charge is 2.31. The summed E-state index contributed by atoms with van der Waals surface area (Å²) in [7, 11) is 0. The molecule has 2 heterocycles. The lowest BCUT2D eigenvalue weighted by Crippen LogP contribution is -2.12. The first-order valence-electron chi connectivity index (χ1n) is 6.16. The summed E-state index contributed by atoms with van der Waals surface area (Å²) in [5.41, 5.74) is -0.162. The highest BCUT2D eigenvalue weighted by molar-refractivity contribution is 5.23. The van der Waals surface area contributed by atoms with Crippen molar-refractivity contribution in [1.82, 2.24) is 14.8 Å². The Balaban J connectivity index is 2.25. The van der Waals surface area contributed by atoms with E-state index in [2.05, 4.69) is 10.1 Å². The Morgan fingerprint density at radius 3 is 2.60 bits per heavy atom. The van der Waals surface area contributed by atoms with Crippen molar-refractivity contribution in [3.05, 3.63) is 47.5 Å². The fourth-order valence-corrected chi connectivity index (χ4v) is 1.86. The zero-order valence-corrected chi connectivity index (χ0v) is 10.8. The van der Waals surface area contributed by atoms with E-state index >= 15 is 0 Å². The Hall–Kier alpha value is -1.89. The molecule has 2 aromatic rings. The first kappa shape index (κ1) is 14.5. The molecule has 0 saturated carbocycles. The van der Waals surface area contributed by atoms with Gasteiger partial charge in [-0.25, -0.2) is 0 Å². The van der Waals surface area contributed by atoms with Crippen LogP contribution in [-0.4, -0.2) is 19.9 Å². The minimum Gasteiger partial charge on any atom is -0.380 e. The van der Waals surface area contributed by atoms with Gasteiger partial charge in [0.1, 0.15) is 6.10 Å². The molecule has 0 amide bonds. The molecule has 0 radical (unpaired) electrons. The second-order valence-electron chi connectivity index (χ2n) is 4.35. The van der Waals surface area contributed by atoms with Crippen LogP contribution in [0, 0.1) is 0 Å². The second kappa shape index (κ2) is 5.62. The summed E-state index contributed by atoms with van der Waals surface area (Å²) in [5, 5.41) is 14.2. The summed E-state index contributed by atoms with van der Waals surface area (Å²) in [6, 6.07) is 3.71. The van der Waals surface area contributed by atoms with Gasteiger partial charge in [-0.15, -0.1) is 0 Å². The Kier molecular flexibility index (Phi) is 4.08. The predicted molar refractivity (Wildman–Crippen MR) is 65.8 cm³/mol. The van der Waals surface area contributed by atoms with Gasteiger partial charge in [0.25, 0.3) is 0 Å². The Morgan fingerprint density at radius 2 is 2.05 bits per heavy atom. The second-order valence-corrected chi connectivity index (χ2v) is 4.35. The van der Waals surface area contributed by atoms with Gasteiger partial charge in [0.15, 0.2) is 0 Å². The molecule has 0 bridgehead atoms. The molecule has 0 fully saturated rings. The zero-order chi connectivity index (χ0) is 14.8. The zero-order valence-electron chi connectivity index (χ0n) is 10.8. The van der Waals surface area contributed by atoms with Crippen molar-refractivity contribution in [3.63, 3.8) is 0 Å². The van der Waals surface area contributed by atoms with E-state index < -0.39 is 17.8 Å². The summed E-state index contributed by atoms with van der Waals surface area (Å²) in [6.45, 7) is 2.59. The van der Waals surface area contributed by atoms with E-state index in [0.29, 0.717) is 12.2 Å². The van der Waals surface area contributed by atoms with Crippen LogP contribution in [0.3, 0.4) is 0 Å². The molecule has 2 aromatic heterocycles. The van der Waals surface area contributed by atoms with Crippen molar-refractivity contribution in [3.8, 4) is 0 Å². The van der Waals surface area contributed by atoms with E-state index in [0.717, 1.165) is 18.7 Å². The van der Waals surface area contributed by atoms with Crippen molar-refractivity contribution in [2.24, 2.45) is 0 Å². The number of hydrogen-bond donors (Lipinski definition) is 1. The molecule has 0 aliphatic carbocycles. The summed E-state index contributed by atoms with van der Waals surface area (Å²) in [5.74, 6) is 0. The maximum atomic E-state index is 12.4. The first-order chi connectivity index (χ1) is 9.43. The Bertz CT molecular complexity index is 563. The summed E-state index contributed by atoms with van der Waals surface area (Å²) in [4.78, 5) is 3.69. The number of aromatic nitrogens is 3. The van der Waals surface area contributed by atoms with Crippen LogP contribution in [0.2, 0.25) is 0 Å². The van der Waals surface area contributed by atoms with Crippen LogP contribution in [0.1, 0.15) is 36.4 Å². The number of hydrogen-bond acceptors (Lipinski definition) is 3. The Morgan fingerprint density at radius 1 is 1.30 bits per heavy atom. The molecule has 7 heteroatoms. The monoisotopic (exact) mass is 285 g/mol. The fraction of sp³-hybridized carbons (Fsp3) is 0.385. The van der Waals surface area contributed by atoms with Crippen molar-refractivity contribution in [2.45, 2.75) is 32.2 Å². The van der Waals surface area contributed by atoms with Crippen LogP contribution in [0.5, 0.6) is 0 Å². The van der Waals surface area contributed by atoms with Gasteiger partial charge in [0.2, 0.25) is 0 Å². The van der Waals surface area contributed by atoms with Crippen LogP contribution in [0.15, 0.2) is 30.6 Å². The first-order valence-corrected chi connectivity index (χ1v) is 6.16. The van der Waals surface area contributed by atoms with Gasteiger partial charge < -0.3 is 5.11 Å². The van der Waals surface area contributed by atoms with Crippen LogP contribution in [0.25, 0.3) is 0 Å². The number of aliphatic hydroxyl groups is 1. The minimum absolute atomic E-state index is 0.163. The van der Waals surface area contributed by atoms with E-state index in [1.165, 1.54) is 12.3 Å². The quantitative estimate of drug-likeness (QED) is 0.939. The molecule has 0 aliphatic heterocycles. The molecule has 1 atom stereocenters. The molecule has 4 nitrogen and oxygen atoms in total. The van der Waals surface area contributed by atoms with E-state index in [9.17, 15) is 18.3 Å². The molecule has 20 heavy (non-hydrogen) atoms. The van der Waals surface area contributed by atoms with Crippen LogP contribution < -0.4 is 0 Å². The lowest BCUT2D eigenvalue weighted by atomic mass is 10.1. The molecule has 2 rings (SSSR count). The number of nitrogens with zero attached hydrogens (tertiary/aromatic N) is 3. The molecule has 0 saturated heterocycles. The third-order valence-electron chi connectivity index (χ3n) is 2.86. The van der Waals surface area contributed by atoms with E-state index in [4.69, 9.17) is 0 Å². The van der Waals surface area contributed by atoms with Crippen molar-refractivity contribution < 1.29 is 18.3 Å². The van der Waals surface area contributed by atoms with Gasteiger partial charge in [-0.2, -0.15) is 18.3 Å². The van der Waals surface area contributed by atoms with Gasteiger partial charge in [-0.3, -0.25) is 9.67 Å². The molecule has 108 valence electrons. The van der Waals surface area contributed by atoms with Crippen molar-refractivity contribution in [2.75, 3.05) is 0 Å². The number of pyridine rings is 1. The fourth-order valence-electron chi connectivity index (χ4n) is 1.86. The molecule has 1 unspecified atom stereocenters. The van der Waals surface area contributed by atoms with E-state index in [-0.39, 0.29) is 5.69 Å². The third-order valence-corrected chi connectivity index (χ3v) is 2.86. The van der Waals surface area contributed by atoms with Gasteiger partial charge in [-0.1, -0.05) is 6.92 Å². The van der Waals surface area contributed by atoms with Gasteiger partial charge >= 0.3 is 6.18 Å². The molecule has 0 aliphatic rings. The van der Waals surface area contributed by atoms with Crippen molar-refractivity contribution >= 4 is 0 Å². The number of alkyl halides is 3. The average Bonchev–Trinajstić information content (AvgIpc) is 2.86. The molecule has 0 spiro atoms. The highest BCUT2D eigenvalue weighted by Crippen LogP contribution is 2.29. The van der Waals surface area contributed by atoms with E-state index in [1.807, 2.05) is 6.92 Å². The topological polar surface area (TPSA) is 50.9 Å². The van der Waals surface area contributed by atoms with Crippen molar-refractivity contribution in [1.29, 1.82) is 0 Å². The standard InChI is InChI=1S/C13H14F3N3O/c1-2-7-19-11(5-6-18-19)12(20)10-4-3-9(8-17-10)13(14,15)16/h3-6,8,12,20H,2,7H2,1H3. The number of aliphatic hydroxyl groups excluding tert-OH is 1. The Labute approximate surface area is 113 Å². The number of halogens is 3. The van der Waals surface area contributed by atoms with E-state index in [1.54, 1.807) is 10.7 Å². The third kappa shape index (κ3) is 2.98. The predicted octanol–water partition coefficient (Wildman–Crippen LogP) is 2.79. The van der Waals surface area contributed by atoms with Crippen LogP contribution in [0.4, 0.5) is 13.2 Å². The highest BCUT2D eigenvalue weighted by atomic mass is 19.4. The minimum atomic E-state index is -4.43. The number of aryl methyl sites for hydroxylation is 1. The lowest BCUT2D eigenvalue weighted by molar-refractivity contribution is -0.137. The molecular formula is C13H14F3N3O. The maximum Gasteiger partial charge on any atom is 0.417 e.